The summed E-state index contributed by atoms with van der Waals surface area (Å²) < 4.78 is 46.4. The summed E-state index contributed by atoms with van der Waals surface area (Å²) >= 11 is 0. The molecular formula is C20H33F3N2OS. The van der Waals surface area contributed by atoms with Gasteiger partial charge in [0.15, 0.2) is 0 Å². The Hall–Kier alpha value is -0.790. The Labute approximate surface area is 163 Å². The zero-order valence-corrected chi connectivity index (χ0v) is 17.9. The van der Waals surface area contributed by atoms with E-state index in [9.17, 15) is 13.2 Å². The Morgan fingerprint density at radius 2 is 1.63 bits per heavy atom. The van der Waals surface area contributed by atoms with Crippen LogP contribution in [0.25, 0.3) is 0 Å². The Morgan fingerprint density at radius 1 is 1.11 bits per heavy atom. The summed E-state index contributed by atoms with van der Waals surface area (Å²) in [7, 11) is -1.25. The summed E-state index contributed by atoms with van der Waals surface area (Å²) in [6.45, 7) is 10.8. The van der Waals surface area contributed by atoms with Crippen molar-refractivity contribution in [3.05, 3.63) is 29.1 Å². The molecule has 1 aromatic heterocycles. The van der Waals surface area contributed by atoms with Crippen LogP contribution in [0, 0.1) is 19.3 Å². The molecule has 1 atom stereocenters. The maximum Gasteiger partial charge on any atom is 0.395 e. The van der Waals surface area contributed by atoms with Crippen LogP contribution in [0.4, 0.5) is 13.2 Å². The SMILES string of the molecule is CCS(CC)(CC)OC(CNCC1(C(F)(F)F)CC1)c1c(C)cncc1C. The number of aryl methyl sites for hydroxylation is 2. The molecule has 0 saturated heterocycles. The van der Waals surface area contributed by atoms with Crippen molar-refractivity contribution in [1.82, 2.24) is 10.3 Å². The minimum absolute atomic E-state index is 0.0355. The summed E-state index contributed by atoms with van der Waals surface area (Å²) in [6, 6.07) is 0. The molecule has 0 amide bonds. The first-order valence-electron chi connectivity index (χ1n) is 9.77. The average molecular weight is 407 g/mol. The summed E-state index contributed by atoms with van der Waals surface area (Å²) in [5, 5.41) is 3.09. The molecule has 0 radical (unpaired) electrons. The number of rotatable bonds is 10. The maximum absolute atomic E-state index is 13.2. The number of hydrogen-bond acceptors (Lipinski definition) is 3. The number of aromatic nitrogens is 1. The van der Waals surface area contributed by atoms with Gasteiger partial charge in [-0.2, -0.15) is 13.2 Å². The molecule has 3 nitrogen and oxygen atoms in total. The zero-order valence-electron chi connectivity index (χ0n) is 17.1. The zero-order chi connectivity index (χ0) is 20.3. The first-order chi connectivity index (χ1) is 12.6. The van der Waals surface area contributed by atoms with Crippen LogP contribution in [0.5, 0.6) is 0 Å². The van der Waals surface area contributed by atoms with Gasteiger partial charge in [-0.15, -0.1) is 10.3 Å². The molecule has 1 aliphatic carbocycles. The lowest BCUT2D eigenvalue weighted by atomic mass is 10.0. The topological polar surface area (TPSA) is 34.1 Å². The molecule has 0 aliphatic heterocycles. The van der Waals surface area contributed by atoms with Gasteiger partial charge < -0.3 is 9.50 Å². The summed E-state index contributed by atoms with van der Waals surface area (Å²) in [6.07, 6.45) is -0.349. The Balaban J connectivity index is 2.20. The predicted octanol–water partition coefficient (Wildman–Crippen LogP) is 5.47. The van der Waals surface area contributed by atoms with Crippen LogP contribution in [-0.2, 0) is 4.18 Å². The third-order valence-electron chi connectivity index (χ3n) is 5.85. The van der Waals surface area contributed by atoms with Crippen molar-refractivity contribution in [2.24, 2.45) is 5.41 Å². The first kappa shape index (κ1) is 22.5. The van der Waals surface area contributed by atoms with E-state index in [1.54, 1.807) is 12.4 Å². The summed E-state index contributed by atoms with van der Waals surface area (Å²) in [5.41, 5.74) is 1.57. The third kappa shape index (κ3) is 4.98. The lowest BCUT2D eigenvalue weighted by molar-refractivity contribution is -0.185. The smallest absolute Gasteiger partial charge is 0.327 e. The van der Waals surface area contributed by atoms with Crippen molar-refractivity contribution >= 4 is 10.3 Å². The fourth-order valence-electron chi connectivity index (χ4n) is 3.62. The van der Waals surface area contributed by atoms with Crippen LogP contribution in [0.15, 0.2) is 12.4 Å². The number of alkyl halides is 3. The molecule has 0 bridgehead atoms. The van der Waals surface area contributed by atoms with E-state index in [2.05, 4.69) is 31.1 Å². The van der Waals surface area contributed by atoms with E-state index in [-0.39, 0.29) is 25.5 Å². The first-order valence-corrected chi connectivity index (χ1v) is 11.8. The average Bonchev–Trinajstić information content (AvgIpc) is 3.40. The van der Waals surface area contributed by atoms with Crippen LogP contribution < -0.4 is 5.32 Å². The quantitative estimate of drug-likeness (QED) is 0.560. The number of pyridine rings is 1. The van der Waals surface area contributed by atoms with E-state index < -0.39 is 21.9 Å². The highest BCUT2D eigenvalue weighted by Crippen LogP contribution is 2.57. The van der Waals surface area contributed by atoms with E-state index in [0.717, 1.165) is 33.9 Å². The number of nitrogens with zero attached hydrogens (tertiary/aromatic N) is 1. The Kier molecular flexibility index (Phi) is 7.25. The molecule has 156 valence electrons. The van der Waals surface area contributed by atoms with Crippen molar-refractivity contribution in [2.45, 2.75) is 59.7 Å². The second-order valence-corrected chi connectivity index (χ2v) is 11.4. The predicted molar refractivity (Wildman–Crippen MR) is 107 cm³/mol. The number of halogens is 3. The minimum Gasteiger partial charge on any atom is -0.327 e. The highest BCUT2D eigenvalue weighted by Gasteiger charge is 2.62. The second-order valence-electron chi connectivity index (χ2n) is 7.51. The van der Waals surface area contributed by atoms with Gasteiger partial charge >= 0.3 is 6.18 Å². The molecule has 1 N–H and O–H groups in total. The monoisotopic (exact) mass is 406 g/mol. The van der Waals surface area contributed by atoms with Gasteiger partial charge in [-0.05, 0) is 60.6 Å². The molecule has 0 aromatic carbocycles. The molecular weight excluding hydrogens is 373 g/mol. The molecule has 1 saturated carbocycles. The maximum atomic E-state index is 13.2. The molecule has 1 unspecified atom stereocenters. The van der Waals surface area contributed by atoms with Crippen molar-refractivity contribution < 1.29 is 17.4 Å². The van der Waals surface area contributed by atoms with E-state index in [1.807, 2.05) is 13.8 Å². The van der Waals surface area contributed by atoms with E-state index in [4.69, 9.17) is 4.18 Å². The van der Waals surface area contributed by atoms with Gasteiger partial charge in [0.25, 0.3) is 0 Å². The van der Waals surface area contributed by atoms with Gasteiger partial charge in [0.05, 0.1) is 5.41 Å². The van der Waals surface area contributed by atoms with Crippen molar-refractivity contribution in [2.75, 3.05) is 30.3 Å². The summed E-state index contributed by atoms with van der Waals surface area (Å²) in [5.74, 6) is 2.85. The van der Waals surface area contributed by atoms with Gasteiger partial charge in [-0.3, -0.25) is 4.98 Å². The van der Waals surface area contributed by atoms with Crippen LogP contribution in [0.2, 0.25) is 0 Å². The van der Waals surface area contributed by atoms with Gasteiger partial charge in [0.2, 0.25) is 0 Å². The van der Waals surface area contributed by atoms with Gasteiger partial charge in [-0.1, -0.05) is 20.8 Å². The normalized spacial score (nSPS) is 18.4. The third-order valence-corrected chi connectivity index (χ3v) is 9.65. The van der Waals surface area contributed by atoms with Crippen LogP contribution in [-0.4, -0.2) is 41.5 Å². The van der Waals surface area contributed by atoms with Gasteiger partial charge in [-0.25, -0.2) is 0 Å². The second kappa shape index (κ2) is 8.70. The minimum atomic E-state index is -4.13. The van der Waals surface area contributed by atoms with Crippen LogP contribution in [0.1, 0.15) is 56.4 Å². The number of nitrogens with one attached hydrogen (secondary N) is 1. The highest BCUT2D eigenvalue weighted by molar-refractivity contribution is 8.29. The van der Waals surface area contributed by atoms with Crippen molar-refractivity contribution in [3.8, 4) is 0 Å². The van der Waals surface area contributed by atoms with E-state index in [1.165, 1.54) is 0 Å². The highest BCUT2D eigenvalue weighted by atomic mass is 32.3. The molecule has 0 spiro atoms. The fraction of sp³-hybridized carbons (Fsp3) is 0.750. The molecule has 1 fully saturated rings. The molecule has 1 heterocycles. The van der Waals surface area contributed by atoms with E-state index >= 15 is 0 Å². The summed E-state index contributed by atoms with van der Waals surface area (Å²) in [4.78, 5) is 4.23. The lowest BCUT2D eigenvalue weighted by Gasteiger charge is -2.41. The Morgan fingerprint density at radius 3 is 2.04 bits per heavy atom. The molecule has 2 rings (SSSR count). The largest absolute Gasteiger partial charge is 0.395 e. The van der Waals surface area contributed by atoms with Crippen molar-refractivity contribution in [3.63, 3.8) is 0 Å². The van der Waals surface area contributed by atoms with E-state index in [0.29, 0.717) is 6.54 Å². The molecule has 27 heavy (non-hydrogen) atoms. The van der Waals surface area contributed by atoms with Crippen molar-refractivity contribution in [1.29, 1.82) is 0 Å². The Bertz CT molecular complexity index is 600. The van der Waals surface area contributed by atoms with Crippen LogP contribution in [0.3, 0.4) is 0 Å². The molecule has 1 aliphatic rings. The van der Waals surface area contributed by atoms with Crippen LogP contribution >= 0.6 is 10.3 Å². The molecule has 7 heteroatoms. The fourth-order valence-corrected chi connectivity index (χ4v) is 5.91. The lowest BCUT2D eigenvalue weighted by Crippen LogP contribution is -2.37. The molecule has 1 aromatic rings. The standard InChI is InChI=1S/C20H33F3N2OS/c1-6-27(7-2,8-3)26-17(18-15(4)11-24-12-16(18)5)13-25-14-19(9-10-19)20(21,22)23/h11-12,17,25H,6-10,13-14H2,1-5H3. The van der Waals surface area contributed by atoms with Gasteiger partial charge in [0.1, 0.15) is 6.10 Å². The van der Waals surface area contributed by atoms with Gasteiger partial charge in [0, 0.05) is 25.5 Å². The number of hydrogen-bond donors (Lipinski definition) is 1.